The van der Waals surface area contributed by atoms with Crippen molar-refractivity contribution in [1.29, 1.82) is 0 Å². The Hall–Kier alpha value is -2.69. The Morgan fingerprint density at radius 2 is 1.95 bits per heavy atom. The fourth-order valence-corrected chi connectivity index (χ4v) is 2.61. The van der Waals surface area contributed by atoms with Gasteiger partial charge >= 0.3 is 0 Å². The second kappa shape index (κ2) is 5.36. The highest BCUT2D eigenvalue weighted by molar-refractivity contribution is 5.96. The lowest BCUT2D eigenvalue weighted by Gasteiger charge is -2.28. The van der Waals surface area contributed by atoms with Gasteiger partial charge in [-0.25, -0.2) is 0 Å². The van der Waals surface area contributed by atoms with Gasteiger partial charge in [-0.3, -0.25) is 14.9 Å². The Balaban J connectivity index is 1.82. The number of nitro groups is 1. The standard InChI is InChI=1S/C16H14N2O3/c19-16-15-7-2-1-5-13(15)8-9-17(16)11-12-4-3-6-14(10-12)18(20)21/h1-7,10H,8-9,11H2. The van der Waals surface area contributed by atoms with Gasteiger partial charge in [0.25, 0.3) is 11.6 Å². The van der Waals surface area contributed by atoms with Crippen molar-refractivity contribution in [2.24, 2.45) is 0 Å². The van der Waals surface area contributed by atoms with E-state index in [1.165, 1.54) is 12.1 Å². The maximum atomic E-state index is 12.4. The summed E-state index contributed by atoms with van der Waals surface area (Å²) in [7, 11) is 0. The van der Waals surface area contributed by atoms with Crippen LogP contribution in [0.5, 0.6) is 0 Å². The first-order valence-corrected chi connectivity index (χ1v) is 6.75. The van der Waals surface area contributed by atoms with Gasteiger partial charge in [0, 0.05) is 30.8 Å². The molecule has 21 heavy (non-hydrogen) atoms. The molecule has 1 aliphatic heterocycles. The number of amides is 1. The molecule has 2 aromatic rings. The van der Waals surface area contributed by atoms with E-state index in [2.05, 4.69) is 0 Å². The number of hydrogen-bond acceptors (Lipinski definition) is 3. The van der Waals surface area contributed by atoms with E-state index in [1.807, 2.05) is 24.3 Å². The highest BCUT2D eigenvalue weighted by Crippen LogP contribution is 2.21. The summed E-state index contributed by atoms with van der Waals surface area (Å²) in [6.07, 6.45) is 0.816. The number of carbonyl (C=O) groups excluding carboxylic acids is 1. The van der Waals surface area contributed by atoms with Crippen LogP contribution >= 0.6 is 0 Å². The summed E-state index contributed by atoms with van der Waals surface area (Å²) in [5, 5.41) is 10.8. The number of fused-ring (bicyclic) bond motifs is 1. The van der Waals surface area contributed by atoms with Gasteiger partial charge in [0.15, 0.2) is 0 Å². The van der Waals surface area contributed by atoms with Crippen molar-refractivity contribution in [1.82, 2.24) is 4.90 Å². The molecule has 1 heterocycles. The molecule has 1 aliphatic rings. The predicted octanol–water partition coefficient (Wildman–Crippen LogP) is 2.79. The second-order valence-electron chi connectivity index (χ2n) is 5.06. The fourth-order valence-electron chi connectivity index (χ4n) is 2.61. The highest BCUT2D eigenvalue weighted by atomic mass is 16.6. The molecule has 0 bridgehead atoms. The van der Waals surface area contributed by atoms with Crippen molar-refractivity contribution < 1.29 is 9.72 Å². The molecule has 2 aromatic carbocycles. The maximum absolute atomic E-state index is 12.4. The minimum atomic E-state index is -0.420. The number of carbonyl (C=O) groups is 1. The number of nitrogens with zero attached hydrogens (tertiary/aromatic N) is 2. The van der Waals surface area contributed by atoms with Gasteiger partial charge < -0.3 is 4.90 Å². The normalized spacial score (nSPS) is 13.9. The van der Waals surface area contributed by atoms with Crippen molar-refractivity contribution >= 4 is 11.6 Å². The van der Waals surface area contributed by atoms with E-state index >= 15 is 0 Å². The Morgan fingerprint density at radius 3 is 2.76 bits per heavy atom. The first-order chi connectivity index (χ1) is 10.1. The number of non-ortho nitro benzene ring substituents is 1. The van der Waals surface area contributed by atoms with E-state index in [0.29, 0.717) is 13.1 Å². The molecule has 0 spiro atoms. The summed E-state index contributed by atoms with van der Waals surface area (Å²) < 4.78 is 0. The molecule has 5 heteroatoms. The SMILES string of the molecule is O=C1c2ccccc2CCN1Cc1cccc([N+](=O)[O-])c1. The van der Waals surface area contributed by atoms with Crippen LogP contribution in [0.25, 0.3) is 0 Å². The van der Waals surface area contributed by atoms with Gasteiger partial charge in [-0.05, 0) is 23.6 Å². The first kappa shape index (κ1) is 13.3. The molecule has 0 atom stereocenters. The van der Waals surface area contributed by atoms with Crippen molar-refractivity contribution in [3.8, 4) is 0 Å². The average Bonchev–Trinajstić information content (AvgIpc) is 2.51. The summed E-state index contributed by atoms with van der Waals surface area (Å²) >= 11 is 0. The monoisotopic (exact) mass is 282 g/mol. The number of nitro benzene ring substituents is 1. The highest BCUT2D eigenvalue weighted by Gasteiger charge is 2.24. The molecule has 0 saturated carbocycles. The second-order valence-corrected chi connectivity index (χ2v) is 5.06. The fraction of sp³-hybridized carbons (Fsp3) is 0.188. The Kier molecular flexibility index (Phi) is 3.39. The molecule has 0 aliphatic carbocycles. The lowest BCUT2D eigenvalue weighted by molar-refractivity contribution is -0.384. The molecule has 0 aromatic heterocycles. The van der Waals surface area contributed by atoms with E-state index < -0.39 is 4.92 Å². The Morgan fingerprint density at radius 1 is 1.14 bits per heavy atom. The van der Waals surface area contributed by atoms with Crippen LogP contribution in [0.1, 0.15) is 21.5 Å². The van der Waals surface area contributed by atoms with Gasteiger partial charge in [0.05, 0.1) is 4.92 Å². The van der Waals surface area contributed by atoms with Crippen LogP contribution in [-0.4, -0.2) is 22.3 Å². The van der Waals surface area contributed by atoms with E-state index in [4.69, 9.17) is 0 Å². The Bertz CT molecular complexity index is 712. The zero-order chi connectivity index (χ0) is 14.8. The van der Waals surface area contributed by atoms with Crippen LogP contribution in [0, 0.1) is 10.1 Å². The smallest absolute Gasteiger partial charge is 0.269 e. The lowest BCUT2D eigenvalue weighted by Crippen LogP contribution is -2.36. The molecule has 5 nitrogen and oxygen atoms in total. The lowest BCUT2D eigenvalue weighted by atomic mass is 9.98. The summed E-state index contributed by atoms with van der Waals surface area (Å²) in [5.41, 5.74) is 2.63. The number of benzene rings is 2. The number of hydrogen-bond donors (Lipinski definition) is 0. The van der Waals surface area contributed by atoms with Crippen LogP contribution < -0.4 is 0 Å². The van der Waals surface area contributed by atoms with E-state index in [0.717, 1.165) is 23.1 Å². The zero-order valence-electron chi connectivity index (χ0n) is 11.4. The molecule has 0 N–H and O–H groups in total. The summed E-state index contributed by atoms with van der Waals surface area (Å²) in [6, 6.07) is 14.0. The average molecular weight is 282 g/mol. The maximum Gasteiger partial charge on any atom is 0.269 e. The first-order valence-electron chi connectivity index (χ1n) is 6.75. The third-order valence-corrected chi connectivity index (χ3v) is 3.68. The topological polar surface area (TPSA) is 63.5 Å². The molecular weight excluding hydrogens is 268 g/mol. The third-order valence-electron chi connectivity index (χ3n) is 3.68. The van der Waals surface area contributed by atoms with E-state index in [9.17, 15) is 14.9 Å². The quantitative estimate of drug-likeness (QED) is 0.642. The van der Waals surface area contributed by atoms with Crippen LogP contribution in [0.4, 0.5) is 5.69 Å². The molecule has 1 amide bonds. The molecule has 0 radical (unpaired) electrons. The van der Waals surface area contributed by atoms with Crippen LogP contribution in [0.3, 0.4) is 0 Å². The largest absolute Gasteiger partial charge is 0.334 e. The molecule has 0 unspecified atom stereocenters. The van der Waals surface area contributed by atoms with Gasteiger partial charge in [0.2, 0.25) is 0 Å². The van der Waals surface area contributed by atoms with Crippen LogP contribution in [-0.2, 0) is 13.0 Å². The molecule has 106 valence electrons. The Labute approximate surface area is 122 Å². The summed E-state index contributed by atoms with van der Waals surface area (Å²) in [4.78, 5) is 24.5. The van der Waals surface area contributed by atoms with Gasteiger partial charge in [-0.2, -0.15) is 0 Å². The molecule has 0 fully saturated rings. The summed E-state index contributed by atoms with van der Waals surface area (Å²) in [5.74, 6) is -0.0108. The van der Waals surface area contributed by atoms with Crippen molar-refractivity contribution in [3.05, 3.63) is 75.3 Å². The van der Waals surface area contributed by atoms with Gasteiger partial charge in [0.1, 0.15) is 0 Å². The molecule has 3 rings (SSSR count). The van der Waals surface area contributed by atoms with Crippen LogP contribution in [0.2, 0.25) is 0 Å². The van der Waals surface area contributed by atoms with Crippen molar-refractivity contribution in [3.63, 3.8) is 0 Å². The molecular formula is C16H14N2O3. The third kappa shape index (κ3) is 2.63. The minimum absolute atomic E-state index is 0.0108. The van der Waals surface area contributed by atoms with Gasteiger partial charge in [-0.15, -0.1) is 0 Å². The van der Waals surface area contributed by atoms with Crippen molar-refractivity contribution in [2.75, 3.05) is 6.54 Å². The zero-order valence-corrected chi connectivity index (χ0v) is 11.4. The van der Waals surface area contributed by atoms with E-state index in [-0.39, 0.29) is 11.6 Å². The summed E-state index contributed by atoms with van der Waals surface area (Å²) in [6.45, 7) is 1.04. The van der Waals surface area contributed by atoms with Crippen molar-refractivity contribution in [2.45, 2.75) is 13.0 Å². The molecule has 0 saturated heterocycles. The minimum Gasteiger partial charge on any atom is -0.334 e. The van der Waals surface area contributed by atoms with E-state index in [1.54, 1.807) is 17.0 Å². The van der Waals surface area contributed by atoms with Gasteiger partial charge in [-0.1, -0.05) is 30.3 Å². The predicted molar refractivity (Wildman–Crippen MR) is 78.0 cm³/mol. The van der Waals surface area contributed by atoms with Crippen LogP contribution in [0.15, 0.2) is 48.5 Å². The number of rotatable bonds is 3.